The van der Waals surface area contributed by atoms with Crippen LogP contribution in [0.5, 0.6) is 0 Å². The number of hydrazine groups is 1. The summed E-state index contributed by atoms with van der Waals surface area (Å²) >= 11 is 9.83. The number of thiophene rings is 1. The molecular weight excluding hydrogens is 370 g/mol. The maximum atomic E-state index is 11.9. The Morgan fingerprint density at radius 2 is 1.81 bits per heavy atom. The summed E-state index contributed by atoms with van der Waals surface area (Å²) in [5.41, 5.74) is 8.43. The third-order valence-corrected chi connectivity index (χ3v) is 4.39. The second-order valence-electron chi connectivity index (χ2n) is 4.51. The van der Waals surface area contributed by atoms with Gasteiger partial charge in [0.15, 0.2) is 5.11 Å². The van der Waals surface area contributed by atoms with Gasteiger partial charge in [-0.05, 0) is 77.4 Å². The third kappa shape index (κ3) is 4.80. The summed E-state index contributed by atoms with van der Waals surface area (Å²) in [7, 11) is 0. The number of hydrogen-bond acceptors (Lipinski definition) is 3. The molecule has 0 unspecified atom stereocenters. The smallest absolute Gasteiger partial charge is 0.279 e. The number of thiocarbonyl (C=S) groups is 1. The van der Waals surface area contributed by atoms with Crippen molar-refractivity contribution in [2.24, 2.45) is 0 Å². The molecule has 1 amide bonds. The molecule has 0 bridgehead atoms. The highest BCUT2D eigenvalue weighted by Gasteiger charge is 2.08. The van der Waals surface area contributed by atoms with E-state index in [1.807, 2.05) is 32.0 Å². The highest BCUT2D eigenvalue weighted by atomic mass is 79.9. The molecule has 0 radical (unpaired) electrons. The molecule has 0 spiro atoms. The number of nitrogens with one attached hydrogen (secondary N) is 3. The standard InChI is InChI=1S/C14H14BrN3OS2/c1-8-5-9(2)7-10(6-8)16-14(20)18-17-13(19)11-3-4-12(15)21-11/h3-7H,1-2H3,(H,17,19)(H2,16,18,20). The summed E-state index contributed by atoms with van der Waals surface area (Å²) in [6.07, 6.45) is 0. The van der Waals surface area contributed by atoms with Crippen LogP contribution in [0.3, 0.4) is 0 Å². The van der Waals surface area contributed by atoms with Crippen LogP contribution in [-0.2, 0) is 0 Å². The first-order chi connectivity index (χ1) is 9.94. The Morgan fingerprint density at radius 1 is 1.14 bits per heavy atom. The van der Waals surface area contributed by atoms with E-state index in [2.05, 4.69) is 38.2 Å². The summed E-state index contributed by atoms with van der Waals surface area (Å²) in [5, 5.41) is 3.37. The van der Waals surface area contributed by atoms with E-state index in [4.69, 9.17) is 12.2 Å². The lowest BCUT2D eigenvalue weighted by molar-refractivity contribution is 0.0948. The normalized spacial score (nSPS) is 10.0. The molecule has 0 aliphatic heterocycles. The fourth-order valence-electron chi connectivity index (χ4n) is 1.82. The lowest BCUT2D eigenvalue weighted by atomic mass is 10.1. The van der Waals surface area contributed by atoms with Crippen LogP contribution < -0.4 is 16.2 Å². The van der Waals surface area contributed by atoms with Gasteiger partial charge in [0.1, 0.15) is 0 Å². The summed E-state index contributed by atoms with van der Waals surface area (Å²) in [5.74, 6) is -0.227. The van der Waals surface area contributed by atoms with Crippen molar-refractivity contribution < 1.29 is 4.79 Å². The van der Waals surface area contributed by atoms with E-state index in [0.29, 0.717) is 9.99 Å². The van der Waals surface area contributed by atoms with E-state index >= 15 is 0 Å². The predicted octanol–water partition coefficient (Wildman–Crippen LogP) is 3.76. The number of carbonyl (C=O) groups excluding carboxylic acids is 1. The van der Waals surface area contributed by atoms with Gasteiger partial charge in [0.05, 0.1) is 8.66 Å². The van der Waals surface area contributed by atoms with E-state index in [1.165, 1.54) is 11.3 Å². The summed E-state index contributed by atoms with van der Waals surface area (Å²) in [4.78, 5) is 12.5. The van der Waals surface area contributed by atoms with Crippen molar-refractivity contribution in [3.63, 3.8) is 0 Å². The summed E-state index contributed by atoms with van der Waals surface area (Å²) < 4.78 is 0.906. The maximum Gasteiger partial charge on any atom is 0.279 e. The van der Waals surface area contributed by atoms with Crippen molar-refractivity contribution in [3.8, 4) is 0 Å². The Balaban J connectivity index is 1.88. The predicted molar refractivity (Wildman–Crippen MR) is 94.8 cm³/mol. The third-order valence-electron chi connectivity index (χ3n) is 2.57. The number of amides is 1. The van der Waals surface area contributed by atoms with Crippen LogP contribution in [0.25, 0.3) is 0 Å². The molecule has 0 saturated carbocycles. The zero-order valence-electron chi connectivity index (χ0n) is 11.5. The number of hydrogen-bond donors (Lipinski definition) is 3. The molecule has 7 heteroatoms. The van der Waals surface area contributed by atoms with Gasteiger partial charge in [-0.3, -0.25) is 15.6 Å². The summed E-state index contributed by atoms with van der Waals surface area (Å²) in [6, 6.07) is 9.62. The monoisotopic (exact) mass is 383 g/mol. The van der Waals surface area contributed by atoms with Crippen molar-refractivity contribution in [1.29, 1.82) is 0 Å². The van der Waals surface area contributed by atoms with Crippen molar-refractivity contribution in [3.05, 3.63) is 50.1 Å². The van der Waals surface area contributed by atoms with Gasteiger partial charge >= 0.3 is 0 Å². The topological polar surface area (TPSA) is 53.2 Å². The van der Waals surface area contributed by atoms with Crippen molar-refractivity contribution in [2.45, 2.75) is 13.8 Å². The molecule has 2 aromatic rings. The Morgan fingerprint density at radius 3 is 2.38 bits per heavy atom. The fourth-order valence-corrected chi connectivity index (χ4v) is 3.27. The van der Waals surface area contributed by atoms with Gasteiger partial charge in [-0.1, -0.05) is 6.07 Å². The van der Waals surface area contributed by atoms with Crippen LogP contribution in [0.2, 0.25) is 0 Å². The molecule has 1 aromatic carbocycles. The molecule has 0 aliphatic rings. The number of aryl methyl sites for hydroxylation is 2. The molecule has 2 rings (SSSR count). The molecule has 0 saturated heterocycles. The minimum atomic E-state index is -0.227. The van der Waals surface area contributed by atoms with Crippen molar-refractivity contribution >= 4 is 56.2 Å². The second-order valence-corrected chi connectivity index (χ2v) is 7.38. The number of anilines is 1. The zero-order chi connectivity index (χ0) is 15.4. The molecule has 1 aromatic heterocycles. The lowest BCUT2D eigenvalue weighted by Crippen LogP contribution is -2.43. The molecule has 21 heavy (non-hydrogen) atoms. The van der Waals surface area contributed by atoms with Crippen LogP contribution >= 0.6 is 39.5 Å². The van der Waals surface area contributed by atoms with Gasteiger partial charge < -0.3 is 5.32 Å². The lowest BCUT2D eigenvalue weighted by Gasteiger charge is -2.12. The second kappa shape index (κ2) is 7.02. The molecule has 4 nitrogen and oxygen atoms in total. The molecular formula is C14H14BrN3OS2. The van der Waals surface area contributed by atoms with E-state index in [1.54, 1.807) is 6.07 Å². The van der Waals surface area contributed by atoms with Gasteiger partial charge in [0, 0.05) is 5.69 Å². The number of carbonyl (C=O) groups is 1. The van der Waals surface area contributed by atoms with E-state index < -0.39 is 0 Å². The molecule has 0 fully saturated rings. The van der Waals surface area contributed by atoms with Crippen LogP contribution in [0.15, 0.2) is 34.1 Å². The number of halogens is 1. The first-order valence-electron chi connectivity index (χ1n) is 6.15. The average molecular weight is 384 g/mol. The first-order valence-corrected chi connectivity index (χ1v) is 8.17. The minimum Gasteiger partial charge on any atom is -0.331 e. The van der Waals surface area contributed by atoms with Crippen molar-refractivity contribution in [2.75, 3.05) is 5.32 Å². The van der Waals surface area contributed by atoms with Gasteiger partial charge in [-0.15, -0.1) is 11.3 Å². The van der Waals surface area contributed by atoms with Crippen molar-refractivity contribution in [1.82, 2.24) is 10.9 Å². The number of rotatable bonds is 2. The first kappa shape index (κ1) is 15.9. The fraction of sp³-hybridized carbons (Fsp3) is 0.143. The molecule has 1 heterocycles. The largest absolute Gasteiger partial charge is 0.331 e. The van der Waals surface area contributed by atoms with Gasteiger partial charge in [0.2, 0.25) is 0 Å². The molecule has 110 valence electrons. The van der Waals surface area contributed by atoms with Crippen LogP contribution in [0.1, 0.15) is 20.8 Å². The highest BCUT2D eigenvalue weighted by Crippen LogP contribution is 2.21. The average Bonchev–Trinajstić information content (AvgIpc) is 2.81. The highest BCUT2D eigenvalue weighted by molar-refractivity contribution is 9.11. The molecule has 3 N–H and O–H groups in total. The van der Waals surface area contributed by atoms with Crippen LogP contribution in [0, 0.1) is 13.8 Å². The molecule has 0 aliphatic carbocycles. The number of benzene rings is 1. The van der Waals surface area contributed by atoms with Crippen LogP contribution in [-0.4, -0.2) is 11.0 Å². The SMILES string of the molecule is Cc1cc(C)cc(NC(=S)NNC(=O)c2ccc(Br)s2)c1. The van der Waals surface area contributed by atoms with Gasteiger partial charge in [0.25, 0.3) is 5.91 Å². The Labute approximate surface area is 141 Å². The van der Waals surface area contributed by atoms with E-state index in [0.717, 1.165) is 20.6 Å². The Bertz CT molecular complexity index is 664. The molecule has 0 atom stereocenters. The zero-order valence-corrected chi connectivity index (χ0v) is 14.7. The summed E-state index contributed by atoms with van der Waals surface area (Å²) in [6.45, 7) is 4.04. The quantitative estimate of drug-likeness (QED) is 0.545. The Hall–Kier alpha value is -1.44. The van der Waals surface area contributed by atoms with Gasteiger partial charge in [-0.25, -0.2) is 0 Å². The van der Waals surface area contributed by atoms with E-state index in [9.17, 15) is 4.79 Å². The van der Waals surface area contributed by atoms with E-state index in [-0.39, 0.29) is 5.91 Å². The van der Waals surface area contributed by atoms with Gasteiger partial charge in [-0.2, -0.15) is 0 Å². The Kier molecular flexibility index (Phi) is 5.33. The maximum absolute atomic E-state index is 11.9. The van der Waals surface area contributed by atoms with Crippen LogP contribution in [0.4, 0.5) is 5.69 Å². The minimum absolute atomic E-state index is 0.227.